The maximum atomic E-state index is 15.4. The zero-order valence-corrected chi connectivity index (χ0v) is 20.8. The van der Waals surface area contributed by atoms with Crippen LogP contribution in [0.4, 0.5) is 32.0 Å². The van der Waals surface area contributed by atoms with Crippen molar-refractivity contribution in [3.8, 4) is 17.1 Å². The largest absolute Gasteiger partial charge is 0.575 e. The van der Waals surface area contributed by atoms with Crippen molar-refractivity contribution in [3.63, 3.8) is 0 Å². The Labute approximate surface area is 225 Å². The molecule has 9 nitrogen and oxygen atoms in total. The number of aromatic nitrogens is 4. The molecule has 0 amide bonds. The number of nitrogens with one attached hydrogen (secondary N) is 2. The van der Waals surface area contributed by atoms with Crippen LogP contribution in [0.1, 0.15) is 15.9 Å². The van der Waals surface area contributed by atoms with Gasteiger partial charge in [0.2, 0.25) is 5.78 Å². The summed E-state index contributed by atoms with van der Waals surface area (Å²) in [5, 5.41) is 0.0765. The zero-order valence-electron chi connectivity index (χ0n) is 20.0. The summed E-state index contributed by atoms with van der Waals surface area (Å²) in [5.74, 6) is -4.87. The van der Waals surface area contributed by atoms with Gasteiger partial charge in [0, 0.05) is 46.9 Å². The molecule has 3 aromatic heterocycles. The summed E-state index contributed by atoms with van der Waals surface area (Å²) in [7, 11) is -4.51. The molecule has 5 aromatic rings. The van der Waals surface area contributed by atoms with Crippen molar-refractivity contribution in [2.75, 3.05) is 4.72 Å². The molecular formula is C25H13F6N5O4S. The number of rotatable bonds is 7. The molecule has 41 heavy (non-hydrogen) atoms. The van der Waals surface area contributed by atoms with Gasteiger partial charge in [0.05, 0.1) is 16.1 Å². The molecule has 0 aliphatic carbocycles. The maximum Gasteiger partial charge on any atom is 0.575 e. The fraction of sp³-hybridized carbons (Fsp3) is 0.0400. The summed E-state index contributed by atoms with van der Waals surface area (Å²) in [4.78, 5) is 26.5. The molecule has 0 radical (unpaired) electrons. The molecule has 0 saturated carbocycles. The molecule has 0 aliphatic rings. The van der Waals surface area contributed by atoms with Crippen molar-refractivity contribution in [1.29, 1.82) is 0 Å². The average molecular weight is 593 g/mol. The van der Waals surface area contributed by atoms with Crippen molar-refractivity contribution in [1.82, 2.24) is 19.9 Å². The topological polar surface area (TPSA) is 127 Å². The van der Waals surface area contributed by atoms with Gasteiger partial charge in [0.25, 0.3) is 10.0 Å². The molecule has 210 valence electrons. The van der Waals surface area contributed by atoms with E-state index in [0.717, 1.165) is 42.9 Å². The van der Waals surface area contributed by atoms with E-state index in [2.05, 4.69) is 24.7 Å². The van der Waals surface area contributed by atoms with Gasteiger partial charge in [0.1, 0.15) is 17.3 Å². The summed E-state index contributed by atoms with van der Waals surface area (Å²) in [5.41, 5.74) is -1.57. The number of alkyl halides is 3. The van der Waals surface area contributed by atoms with E-state index in [9.17, 15) is 35.2 Å². The highest BCUT2D eigenvalue weighted by atomic mass is 32.2. The van der Waals surface area contributed by atoms with Crippen LogP contribution in [0.5, 0.6) is 6.01 Å². The lowest BCUT2D eigenvalue weighted by Gasteiger charge is -2.12. The van der Waals surface area contributed by atoms with E-state index in [-0.39, 0.29) is 27.7 Å². The second kappa shape index (κ2) is 10.2. The van der Waals surface area contributed by atoms with Gasteiger partial charge in [-0.15, -0.1) is 13.2 Å². The van der Waals surface area contributed by atoms with Crippen LogP contribution >= 0.6 is 0 Å². The summed E-state index contributed by atoms with van der Waals surface area (Å²) in [6, 6.07) is 5.72. The van der Waals surface area contributed by atoms with Crippen molar-refractivity contribution in [2.24, 2.45) is 0 Å². The molecule has 3 heterocycles. The number of carbonyl (C=O) groups excluding carboxylic acids is 1. The van der Waals surface area contributed by atoms with E-state index in [1.54, 1.807) is 0 Å². The first-order valence-electron chi connectivity index (χ1n) is 11.2. The van der Waals surface area contributed by atoms with Gasteiger partial charge < -0.3 is 9.72 Å². The van der Waals surface area contributed by atoms with Crippen LogP contribution in [0.2, 0.25) is 0 Å². The standard InChI is InChI=1S/C25H13F6N5O4S/c26-14-2-1-3-15(7-14)41(38,39)36-19-5-4-18(27)20(21(19)28)22(37)17-11-33-23-16(17)6-12(8-32-23)13-9-34-24(35-10-13)40-25(29,30)31/h1-11,36H,(H,32,33). The smallest absolute Gasteiger partial charge is 0.371 e. The second-order valence-corrected chi connectivity index (χ2v) is 9.98. The quantitative estimate of drug-likeness (QED) is 0.192. The van der Waals surface area contributed by atoms with Crippen LogP contribution in [-0.4, -0.2) is 40.5 Å². The third-order valence-electron chi connectivity index (χ3n) is 5.61. The van der Waals surface area contributed by atoms with Crippen LogP contribution in [0.15, 0.2) is 72.1 Å². The van der Waals surface area contributed by atoms with Gasteiger partial charge in [-0.05, 0) is 36.4 Å². The summed E-state index contributed by atoms with van der Waals surface area (Å²) >= 11 is 0. The molecule has 0 atom stereocenters. The Morgan fingerprint density at radius 1 is 0.927 bits per heavy atom. The Kier molecular flexibility index (Phi) is 6.86. The number of pyridine rings is 1. The van der Waals surface area contributed by atoms with Gasteiger partial charge in [-0.25, -0.2) is 36.5 Å². The van der Waals surface area contributed by atoms with E-state index in [1.807, 2.05) is 4.72 Å². The number of halogens is 6. The SMILES string of the molecule is O=C(c1c(F)ccc(NS(=O)(=O)c2cccc(F)c2)c1F)c1c[nH]c2ncc(-c3cnc(OC(F)(F)F)nc3)cc12. The van der Waals surface area contributed by atoms with Gasteiger partial charge in [-0.3, -0.25) is 9.52 Å². The minimum atomic E-state index is -5.00. The number of benzene rings is 2. The first-order valence-corrected chi connectivity index (χ1v) is 12.7. The predicted molar refractivity (Wildman–Crippen MR) is 131 cm³/mol. The number of carbonyl (C=O) groups is 1. The van der Waals surface area contributed by atoms with Crippen LogP contribution < -0.4 is 9.46 Å². The fourth-order valence-electron chi connectivity index (χ4n) is 3.78. The third kappa shape index (κ3) is 5.67. The maximum absolute atomic E-state index is 15.4. The van der Waals surface area contributed by atoms with E-state index >= 15 is 4.39 Å². The Hall–Kier alpha value is -4.99. The number of fused-ring (bicyclic) bond motifs is 1. The number of ketones is 1. The highest BCUT2D eigenvalue weighted by Gasteiger charge is 2.32. The monoisotopic (exact) mass is 593 g/mol. The zero-order chi connectivity index (χ0) is 29.5. The molecular weight excluding hydrogens is 580 g/mol. The molecule has 0 fully saturated rings. The molecule has 2 N–H and O–H groups in total. The van der Waals surface area contributed by atoms with Crippen LogP contribution in [-0.2, 0) is 10.0 Å². The molecule has 16 heteroatoms. The molecule has 0 unspecified atom stereocenters. The van der Waals surface area contributed by atoms with E-state index in [4.69, 9.17) is 0 Å². The summed E-state index contributed by atoms with van der Waals surface area (Å²) in [6.45, 7) is 0. The number of H-pyrrole nitrogens is 1. The number of sulfonamides is 1. The normalized spacial score (nSPS) is 12.0. The molecule has 2 aromatic carbocycles. The van der Waals surface area contributed by atoms with Gasteiger partial charge in [-0.1, -0.05) is 6.07 Å². The van der Waals surface area contributed by atoms with Crippen molar-refractivity contribution in [2.45, 2.75) is 11.3 Å². The second-order valence-electron chi connectivity index (χ2n) is 8.30. The Morgan fingerprint density at radius 3 is 2.32 bits per heavy atom. The van der Waals surface area contributed by atoms with E-state index < -0.39 is 61.8 Å². The van der Waals surface area contributed by atoms with E-state index in [1.165, 1.54) is 12.3 Å². The minimum Gasteiger partial charge on any atom is -0.371 e. The van der Waals surface area contributed by atoms with Gasteiger partial charge >= 0.3 is 12.4 Å². The molecule has 5 rings (SSSR count). The van der Waals surface area contributed by atoms with Crippen molar-refractivity contribution < 1.29 is 44.3 Å². The van der Waals surface area contributed by atoms with Crippen LogP contribution in [0.3, 0.4) is 0 Å². The lowest BCUT2D eigenvalue weighted by atomic mass is 10.0. The van der Waals surface area contributed by atoms with Crippen molar-refractivity contribution in [3.05, 3.63) is 95.8 Å². The molecule has 0 aliphatic heterocycles. The third-order valence-corrected chi connectivity index (χ3v) is 6.98. The number of hydrogen-bond acceptors (Lipinski definition) is 7. The Balaban J connectivity index is 1.49. The molecule has 0 saturated heterocycles. The van der Waals surface area contributed by atoms with Crippen LogP contribution in [0, 0.1) is 17.5 Å². The predicted octanol–water partition coefficient (Wildman–Crippen LogP) is 5.37. The Bertz CT molecular complexity index is 1910. The number of hydrogen-bond donors (Lipinski definition) is 2. The first kappa shape index (κ1) is 27.6. The lowest BCUT2D eigenvalue weighted by Crippen LogP contribution is -2.18. The summed E-state index contributed by atoms with van der Waals surface area (Å²) < 4.78 is 112. The van der Waals surface area contributed by atoms with Crippen LogP contribution in [0.25, 0.3) is 22.2 Å². The highest BCUT2D eigenvalue weighted by molar-refractivity contribution is 7.92. The number of ether oxygens (including phenoxy) is 1. The molecule has 0 spiro atoms. The minimum absolute atomic E-state index is 0.0765. The van der Waals surface area contributed by atoms with Crippen molar-refractivity contribution >= 4 is 32.5 Å². The lowest BCUT2D eigenvalue weighted by molar-refractivity contribution is -0.277. The van der Waals surface area contributed by atoms with Gasteiger partial charge in [0.15, 0.2) is 5.82 Å². The number of anilines is 1. The fourth-order valence-corrected chi connectivity index (χ4v) is 4.87. The Morgan fingerprint density at radius 2 is 1.63 bits per heavy atom. The number of aromatic amines is 1. The van der Waals surface area contributed by atoms with Gasteiger partial charge in [-0.2, -0.15) is 0 Å². The van der Waals surface area contributed by atoms with E-state index in [0.29, 0.717) is 12.1 Å². The summed E-state index contributed by atoms with van der Waals surface area (Å²) in [6.07, 6.45) is -0.553. The first-order chi connectivity index (χ1) is 19.3. The molecule has 0 bridgehead atoms. The average Bonchev–Trinajstić information content (AvgIpc) is 3.33. The highest BCUT2D eigenvalue weighted by Crippen LogP contribution is 2.30. The number of nitrogens with zero attached hydrogens (tertiary/aromatic N) is 3.